The number of hydrogen-bond acceptors (Lipinski definition) is 7. The molecule has 3 aromatic rings. The number of esters is 1. The Bertz CT molecular complexity index is 1090. The largest absolute Gasteiger partial charge is 0.454 e. The van der Waals surface area contributed by atoms with Gasteiger partial charge >= 0.3 is 5.97 Å². The van der Waals surface area contributed by atoms with Crippen LogP contribution in [0.2, 0.25) is 0 Å². The van der Waals surface area contributed by atoms with E-state index in [2.05, 4.69) is 15.6 Å². The average Bonchev–Trinajstić information content (AvgIpc) is 3.02. The molecule has 0 bridgehead atoms. The van der Waals surface area contributed by atoms with Gasteiger partial charge in [0, 0.05) is 6.07 Å². The summed E-state index contributed by atoms with van der Waals surface area (Å²) in [6, 6.07) is 7.74. The zero-order valence-corrected chi connectivity index (χ0v) is 13.6. The Balaban J connectivity index is 1.64. The number of rotatable bonds is 5. The zero-order valence-electron chi connectivity index (χ0n) is 13.6. The van der Waals surface area contributed by atoms with Gasteiger partial charge in [-0.25, -0.2) is 4.68 Å². The van der Waals surface area contributed by atoms with Gasteiger partial charge in [0.1, 0.15) is 6.54 Å². The molecule has 2 N–H and O–H groups in total. The van der Waals surface area contributed by atoms with Crippen LogP contribution in [0.3, 0.4) is 0 Å². The summed E-state index contributed by atoms with van der Waals surface area (Å²) in [5, 5.41) is 8.66. The summed E-state index contributed by atoms with van der Waals surface area (Å²) in [6.07, 6.45) is 0. The van der Waals surface area contributed by atoms with E-state index in [1.807, 2.05) is 0 Å². The number of nitrogens with zero attached hydrogens (tertiary/aromatic N) is 2. The van der Waals surface area contributed by atoms with Crippen molar-refractivity contribution in [1.29, 1.82) is 0 Å². The van der Waals surface area contributed by atoms with Gasteiger partial charge in [0.2, 0.25) is 5.88 Å². The number of hydrogen-bond donors (Lipinski definition) is 2. The maximum atomic E-state index is 12.3. The first-order valence-corrected chi connectivity index (χ1v) is 7.54. The van der Waals surface area contributed by atoms with Crippen molar-refractivity contribution < 1.29 is 18.8 Å². The van der Waals surface area contributed by atoms with Gasteiger partial charge in [0.05, 0.1) is 16.5 Å². The first-order valence-electron chi connectivity index (χ1n) is 7.54. The number of ether oxygens (including phenoxy) is 1. The second-order valence-electron chi connectivity index (χ2n) is 5.42. The molecule has 10 nitrogen and oxygen atoms in total. The van der Waals surface area contributed by atoms with Gasteiger partial charge < -0.3 is 9.26 Å². The molecule has 0 unspecified atom stereocenters. The Hall–Kier alpha value is -3.69. The fourth-order valence-corrected chi connectivity index (χ4v) is 2.27. The molecule has 3 rings (SSSR count). The van der Waals surface area contributed by atoms with Gasteiger partial charge in [0.25, 0.3) is 17.0 Å². The lowest BCUT2D eigenvalue weighted by molar-refractivity contribution is -0.148. The second kappa shape index (κ2) is 7.05. The summed E-state index contributed by atoms with van der Waals surface area (Å²) in [6.45, 7) is 0.569. The maximum Gasteiger partial charge on any atom is 0.328 e. The molecule has 1 aromatic carbocycles. The topological polar surface area (TPSA) is 136 Å². The van der Waals surface area contributed by atoms with Gasteiger partial charge in [-0.15, -0.1) is 0 Å². The maximum absolute atomic E-state index is 12.3. The van der Waals surface area contributed by atoms with E-state index in [0.29, 0.717) is 5.69 Å². The highest BCUT2D eigenvalue weighted by Crippen LogP contribution is 2.07. The van der Waals surface area contributed by atoms with E-state index in [4.69, 9.17) is 9.26 Å². The molecule has 134 valence electrons. The van der Waals surface area contributed by atoms with E-state index in [1.165, 1.54) is 18.2 Å². The molecule has 0 fully saturated rings. The van der Waals surface area contributed by atoms with Crippen LogP contribution in [0.1, 0.15) is 5.69 Å². The van der Waals surface area contributed by atoms with Crippen molar-refractivity contribution in [3.8, 4) is 0 Å². The third-order valence-corrected chi connectivity index (χ3v) is 3.43. The van der Waals surface area contributed by atoms with E-state index in [1.54, 1.807) is 19.1 Å². The fraction of sp³-hybridized carbons (Fsp3) is 0.188. The minimum Gasteiger partial charge on any atom is -0.454 e. The van der Waals surface area contributed by atoms with Crippen molar-refractivity contribution in [3.63, 3.8) is 0 Å². The molecule has 0 aliphatic carbocycles. The third-order valence-electron chi connectivity index (χ3n) is 3.43. The quantitative estimate of drug-likeness (QED) is 0.620. The van der Waals surface area contributed by atoms with E-state index in [9.17, 15) is 19.2 Å². The highest BCUT2D eigenvalue weighted by Gasteiger charge is 2.13. The molecule has 0 radical (unpaired) electrons. The molecule has 10 heteroatoms. The number of aromatic nitrogens is 3. The molecule has 0 aliphatic rings. The molecule has 2 aromatic heterocycles. The van der Waals surface area contributed by atoms with E-state index in [-0.39, 0.29) is 16.7 Å². The highest BCUT2D eigenvalue weighted by atomic mass is 16.5. The SMILES string of the molecule is Cc1cc(NC(=O)COC(=O)Cn2[nH]c(=O)c3ccccc3c2=O)on1. The van der Waals surface area contributed by atoms with Crippen LogP contribution in [-0.4, -0.2) is 33.4 Å². The Kier molecular flexibility index (Phi) is 4.65. The van der Waals surface area contributed by atoms with Crippen molar-refractivity contribution in [3.05, 3.63) is 56.7 Å². The molecule has 1 amide bonds. The minimum atomic E-state index is -0.859. The number of aromatic amines is 1. The van der Waals surface area contributed by atoms with Gasteiger partial charge in [-0.05, 0) is 19.1 Å². The summed E-state index contributed by atoms with van der Waals surface area (Å²) in [7, 11) is 0. The molecule has 0 spiro atoms. The van der Waals surface area contributed by atoms with Crippen molar-refractivity contribution in [2.24, 2.45) is 0 Å². The number of H-pyrrole nitrogens is 1. The molecular formula is C16H14N4O6. The number of aryl methyl sites for hydroxylation is 1. The summed E-state index contributed by atoms with van der Waals surface area (Å²) in [5.41, 5.74) is -0.470. The van der Waals surface area contributed by atoms with Crippen LogP contribution >= 0.6 is 0 Å². The van der Waals surface area contributed by atoms with Gasteiger partial charge in [-0.2, -0.15) is 0 Å². The summed E-state index contributed by atoms with van der Waals surface area (Å²) in [5.74, 6) is -1.37. The number of amides is 1. The first kappa shape index (κ1) is 17.1. The van der Waals surface area contributed by atoms with Crippen LogP contribution in [0.5, 0.6) is 0 Å². The summed E-state index contributed by atoms with van der Waals surface area (Å²) in [4.78, 5) is 47.8. The molecule has 2 heterocycles. The third kappa shape index (κ3) is 3.69. The standard InChI is InChI=1S/C16H14N4O6/c1-9-6-13(26-19-9)17-12(21)8-25-14(22)7-20-16(24)11-5-3-2-4-10(11)15(23)18-20/h2-6H,7-8H2,1H3,(H,17,21)(H,18,23). The first-order chi connectivity index (χ1) is 12.4. The zero-order chi connectivity index (χ0) is 18.7. The Labute approximate surface area is 145 Å². The minimum absolute atomic E-state index is 0.124. The number of carbonyl (C=O) groups is 2. The highest BCUT2D eigenvalue weighted by molar-refractivity contribution is 5.91. The average molecular weight is 358 g/mol. The smallest absolute Gasteiger partial charge is 0.328 e. The van der Waals surface area contributed by atoms with Crippen LogP contribution in [0.15, 0.2) is 44.4 Å². The molecule has 0 saturated carbocycles. The van der Waals surface area contributed by atoms with Crippen LogP contribution in [0.4, 0.5) is 5.88 Å². The predicted octanol–water partition coefficient (Wildman–Crippen LogP) is 0.168. The Morgan fingerprint density at radius 1 is 1.27 bits per heavy atom. The monoisotopic (exact) mass is 358 g/mol. The molecular weight excluding hydrogens is 344 g/mol. The molecule has 0 atom stereocenters. The fourth-order valence-electron chi connectivity index (χ4n) is 2.27. The van der Waals surface area contributed by atoms with Crippen molar-refractivity contribution >= 4 is 28.5 Å². The van der Waals surface area contributed by atoms with Gasteiger partial charge in [-0.1, -0.05) is 17.3 Å². The van der Waals surface area contributed by atoms with Crippen molar-refractivity contribution in [2.45, 2.75) is 13.5 Å². The Morgan fingerprint density at radius 2 is 2.00 bits per heavy atom. The van der Waals surface area contributed by atoms with E-state index in [0.717, 1.165) is 4.68 Å². The number of nitrogens with one attached hydrogen (secondary N) is 2. The summed E-state index contributed by atoms with van der Waals surface area (Å²) < 4.78 is 10.4. The Morgan fingerprint density at radius 3 is 2.69 bits per heavy atom. The summed E-state index contributed by atoms with van der Waals surface area (Å²) >= 11 is 0. The van der Waals surface area contributed by atoms with Crippen molar-refractivity contribution in [1.82, 2.24) is 14.9 Å². The molecule has 0 aliphatic heterocycles. The lowest BCUT2D eigenvalue weighted by Gasteiger charge is -2.07. The predicted molar refractivity (Wildman–Crippen MR) is 89.7 cm³/mol. The van der Waals surface area contributed by atoms with Crippen molar-refractivity contribution in [2.75, 3.05) is 11.9 Å². The van der Waals surface area contributed by atoms with Crippen LogP contribution in [-0.2, 0) is 20.9 Å². The lowest BCUT2D eigenvalue weighted by atomic mass is 10.2. The molecule has 0 saturated heterocycles. The van der Waals surface area contributed by atoms with E-state index < -0.39 is 36.1 Å². The van der Waals surface area contributed by atoms with Crippen LogP contribution < -0.4 is 16.4 Å². The molecule has 26 heavy (non-hydrogen) atoms. The number of fused-ring (bicyclic) bond motifs is 1. The van der Waals surface area contributed by atoms with Gasteiger partial charge in [0.15, 0.2) is 6.61 Å². The van der Waals surface area contributed by atoms with Crippen LogP contribution in [0, 0.1) is 6.92 Å². The van der Waals surface area contributed by atoms with Gasteiger partial charge in [-0.3, -0.25) is 29.6 Å². The van der Waals surface area contributed by atoms with E-state index >= 15 is 0 Å². The normalized spacial score (nSPS) is 10.7. The number of anilines is 1. The van der Waals surface area contributed by atoms with Crippen LogP contribution in [0.25, 0.3) is 10.8 Å². The lowest BCUT2D eigenvalue weighted by Crippen LogP contribution is -2.33. The number of benzene rings is 1. The number of carbonyl (C=O) groups excluding carboxylic acids is 2. The second-order valence-corrected chi connectivity index (χ2v) is 5.42.